The third-order valence-electron chi connectivity index (χ3n) is 3.95. The normalized spacial score (nSPS) is 14.3. The summed E-state index contributed by atoms with van der Waals surface area (Å²) in [7, 11) is 3.84. The van der Waals surface area contributed by atoms with Gasteiger partial charge in [0, 0.05) is 12.1 Å². The lowest BCUT2D eigenvalue weighted by Crippen LogP contribution is -2.28. The Kier molecular flexibility index (Phi) is 9.22. The third-order valence-corrected chi connectivity index (χ3v) is 3.95. The van der Waals surface area contributed by atoms with E-state index in [1.165, 1.54) is 5.56 Å². The topological polar surface area (TPSA) is 44.3 Å². The lowest BCUT2D eigenvalue weighted by Gasteiger charge is -2.17. The molecule has 2 rings (SSSR count). The van der Waals surface area contributed by atoms with Gasteiger partial charge in [0.2, 0.25) is 0 Å². The van der Waals surface area contributed by atoms with Crippen LogP contribution in [0.25, 0.3) is 0 Å². The van der Waals surface area contributed by atoms with Crippen molar-refractivity contribution in [3.05, 3.63) is 71.8 Å². The lowest BCUT2D eigenvalue weighted by atomic mass is 10.0. The zero-order valence-electron chi connectivity index (χ0n) is 14.7. The van der Waals surface area contributed by atoms with Crippen LogP contribution >= 0.6 is 0 Å². The summed E-state index contributed by atoms with van der Waals surface area (Å²) >= 11 is 0. The van der Waals surface area contributed by atoms with Crippen molar-refractivity contribution in [1.29, 1.82) is 0 Å². The van der Waals surface area contributed by atoms with Gasteiger partial charge in [-0.1, -0.05) is 60.7 Å². The smallest absolute Gasteiger partial charge is 0.0940 e. The molecule has 0 amide bonds. The van der Waals surface area contributed by atoms with E-state index in [-0.39, 0.29) is 6.04 Å². The molecule has 0 heterocycles. The number of aliphatic hydroxyl groups is 1. The van der Waals surface area contributed by atoms with E-state index in [4.69, 9.17) is 0 Å². The Bertz CT molecular complexity index is 516. The van der Waals surface area contributed by atoms with Gasteiger partial charge in [-0.2, -0.15) is 0 Å². The van der Waals surface area contributed by atoms with Gasteiger partial charge in [-0.05, 0) is 45.5 Å². The fraction of sp³-hybridized carbons (Fsp3) is 0.400. The molecular formula is C20H30N2O. The van der Waals surface area contributed by atoms with Crippen molar-refractivity contribution in [2.24, 2.45) is 0 Å². The summed E-state index contributed by atoms with van der Waals surface area (Å²) in [5.74, 6) is 0. The molecule has 0 aliphatic rings. The molecule has 0 radical (unpaired) electrons. The van der Waals surface area contributed by atoms with Crippen molar-refractivity contribution in [3.63, 3.8) is 0 Å². The molecule has 0 unspecified atom stereocenters. The fourth-order valence-electron chi connectivity index (χ4n) is 2.17. The summed E-state index contributed by atoms with van der Waals surface area (Å²) < 4.78 is 0. The minimum Gasteiger partial charge on any atom is -0.387 e. The fourth-order valence-corrected chi connectivity index (χ4v) is 2.17. The van der Waals surface area contributed by atoms with E-state index in [0.717, 1.165) is 12.0 Å². The van der Waals surface area contributed by atoms with Gasteiger partial charge in [0.1, 0.15) is 0 Å². The first-order valence-electron chi connectivity index (χ1n) is 8.20. The predicted molar refractivity (Wildman–Crippen MR) is 98.6 cm³/mol. The first-order chi connectivity index (χ1) is 11.1. The Labute approximate surface area is 140 Å². The second kappa shape index (κ2) is 10.9. The van der Waals surface area contributed by atoms with Crippen molar-refractivity contribution < 1.29 is 5.11 Å². The highest BCUT2D eigenvalue weighted by Crippen LogP contribution is 2.15. The van der Waals surface area contributed by atoms with Gasteiger partial charge in [-0.15, -0.1) is 0 Å². The van der Waals surface area contributed by atoms with Gasteiger partial charge in [0.05, 0.1) is 6.10 Å². The molecule has 3 heteroatoms. The van der Waals surface area contributed by atoms with E-state index in [9.17, 15) is 5.11 Å². The second-order valence-electron chi connectivity index (χ2n) is 5.81. The van der Waals surface area contributed by atoms with Crippen molar-refractivity contribution >= 4 is 0 Å². The third kappa shape index (κ3) is 7.42. The van der Waals surface area contributed by atoms with Crippen LogP contribution < -0.4 is 10.6 Å². The van der Waals surface area contributed by atoms with E-state index in [0.29, 0.717) is 6.04 Å². The van der Waals surface area contributed by atoms with Gasteiger partial charge < -0.3 is 15.7 Å². The first-order valence-corrected chi connectivity index (χ1v) is 8.20. The lowest BCUT2D eigenvalue weighted by molar-refractivity contribution is 0.140. The maximum atomic E-state index is 9.73. The zero-order chi connectivity index (χ0) is 17.1. The minimum atomic E-state index is -0.420. The molecule has 2 aromatic carbocycles. The van der Waals surface area contributed by atoms with Crippen molar-refractivity contribution in [1.82, 2.24) is 10.6 Å². The van der Waals surface area contributed by atoms with Crippen LogP contribution in [0.2, 0.25) is 0 Å². The number of nitrogens with one attached hydrogen (secondary N) is 2. The first kappa shape index (κ1) is 19.4. The average molecular weight is 314 g/mol. The van der Waals surface area contributed by atoms with Crippen molar-refractivity contribution in [2.75, 3.05) is 14.1 Å². The standard InChI is InChI=1S/C10H15NO.C10H15N/c1-8(11-2)10(12)9-6-4-3-5-7-9;1-9(11-2)8-10-6-4-3-5-7-10/h3-8,10-12H,1-2H3;3-7,9,11H,8H2,1-2H3/t8-,10-;9-/m00/s1. The van der Waals surface area contributed by atoms with Gasteiger partial charge in [-0.3, -0.25) is 0 Å². The quantitative estimate of drug-likeness (QED) is 0.767. The molecule has 0 aliphatic carbocycles. The van der Waals surface area contributed by atoms with E-state index < -0.39 is 6.10 Å². The SMILES string of the molecule is CN[C@@H](C)Cc1ccccc1.CN[C@@H](C)[C@H](O)c1ccccc1. The van der Waals surface area contributed by atoms with Crippen LogP contribution in [0.5, 0.6) is 0 Å². The summed E-state index contributed by atoms with van der Waals surface area (Å²) in [6, 6.07) is 20.9. The number of likely N-dealkylation sites (N-methyl/N-ethyl adjacent to an activating group) is 2. The maximum absolute atomic E-state index is 9.73. The molecule has 3 atom stereocenters. The number of hydrogen-bond donors (Lipinski definition) is 3. The van der Waals surface area contributed by atoms with Crippen LogP contribution in [-0.4, -0.2) is 31.3 Å². The molecule has 2 aromatic rings. The van der Waals surface area contributed by atoms with Crippen LogP contribution in [0.15, 0.2) is 60.7 Å². The molecule has 23 heavy (non-hydrogen) atoms. The molecule has 3 nitrogen and oxygen atoms in total. The molecule has 0 spiro atoms. The second-order valence-corrected chi connectivity index (χ2v) is 5.81. The molecular weight excluding hydrogens is 284 g/mol. The van der Waals surface area contributed by atoms with Gasteiger partial charge in [0.15, 0.2) is 0 Å². The monoisotopic (exact) mass is 314 g/mol. The molecule has 0 fully saturated rings. The van der Waals surface area contributed by atoms with Crippen LogP contribution in [0.4, 0.5) is 0 Å². The predicted octanol–water partition coefficient (Wildman–Crippen LogP) is 3.16. The Morgan fingerprint density at radius 1 is 0.826 bits per heavy atom. The number of aliphatic hydroxyl groups excluding tert-OH is 1. The Hall–Kier alpha value is -1.68. The number of rotatable bonds is 6. The highest BCUT2D eigenvalue weighted by Gasteiger charge is 2.12. The Balaban J connectivity index is 0.000000231. The molecule has 0 aromatic heterocycles. The van der Waals surface area contributed by atoms with Crippen LogP contribution in [0.3, 0.4) is 0 Å². The van der Waals surface area contributed by atoms with E-state index in [1.54, 1.807) is 0 Å². The molecule has 0 bridgehead atoms. The van der Waals surface area contributed by atoms with E-state index >= 15 is 0 Å². The minimum absolute atomic E-state index is 0.0902. The number of hydrogen-bond acceptors (Lipinski definition) is 3. The largest absolute Gasteiger partial charge is 0.387 e. The van der Waals surface area contributed by atoms with Crippen LogP contribution in [0, 0.1) is 0 Å². The zero-order valence-corrected chi connectivity index (χ0v) is 14.7. The summed E-state index contributed by atoms with van der Waals surface area (Å²) in [5.41, 5.74) is 2.36. The summed E-state index contributed by atoms with van der Waals surface area (Å²) in [5, 5.41) is 16.0. The Morgan fingerprint density at radius 3 is 1.83 bits per heavy atom. The molecule has 0 saturated carbocycles. The van der Waals surface area contributed by atoms with Gasteiger partial charge in [0.25, 0.3) is 0 Å². The average Bonchev–Trinajstić information content (AvgIpc) is 2.62. The van der Waals surface area contributed by atoms with Crippen molar-refractivity contribution in [2.45, 2.75) is 38.5 Å². The maximum Gasteiger partial charge on any atom is 0.0940 e. The molecule has 0 aliphatic heterocycles. The van der Waals surface area contributed by atoms with E-state index in [1.807, 2.05) is 57.4 Å². The Morgan fingerprint density at radius 2 is 1.35 bits per heavy atom. The summed E-state index contributed by atoms with van der Waals surface area (Å²) in [4.78, 5) is 0. The number of benzene rings is 2. The molecule has 3 N–H and O–H groups in total. The van der Waals surface area contributed by atoms with Crippen LogP contribution in [-0.2, 0) is 6.42 Å². The van der Waals surface area contributed by atoms with Crippen molar-refractivity contribution in [3.8, 4) is 0 Å². The summed E-state index contributed by atoms with van der Waals surface area (Å²) in [6.45, 7) is 4.14. The van der Waals surface area contributed by atoms with Gasteiger partial charge in [-0.25, -0.2) is 0 Å². The summed E-state index contributed by atoms with van der Waals surface area (Å²) in [6.07, 6.45) is 0.688. The van der Waals surface area contributed by atoms with Crippen LogP contribution in [0.1, 0.15) is 31.1 Å². The molecule has 0 saturated heterocycles. The van der Waals surface area contributed by atoms with Gasteiger partial charge >= 0.3 is 0 Å². The highest BCUT2D eigenvalue weighted by atomic mass is 16.3. The van der Waals surface area contributed by atoms with E-state index in [2.05, 4.69) is 41.8 Å². The highest BCUT2D eigenvalue weighted by molar-refractivity contribution is 5.18. The molecule has 126 valence electrons.